The number of benzene rings is 1. The molecule has 0 amide bonds. The average molecular weight is 341 g/mol. The van der Waals surface area contributed by atoms with E-state index in [9.17, 15) is 14.7 Å². The molecule has 0 spiro atoms. The van der Waals surface area contributed by atoms with Crippen molar-refractivity contribution in [1.82, 2.24) is 5.32 Å². The molecule has 3 rings (SSSR count). The Bertz CT molecular complexity index is 817. The number of phenolic OH excluding ortho intramolecular Hbond substituents is 1. The summed E-state index contributed by atoms with van der Waals surface area (Å²) < 4.78 is 4.96. The predicted molar refractivity (Wildman–Crippen MR) is 93.7 cm³/mol. The zero-order valence-electron chi connectivity index (χ0n) is 15.0. The quantitative estimate of drug-likeness (QED) is 0.808. The second-order valence-electron chi connectivity index (χ2n) is 7.48. The van der Waals surface area contributed by atoms with Crippen LogP contribution in [0.4, 0.5) is 0 Å². The van der Waals surface area contributed by atoms with Crippen LogP contribution in [0.15, 0.2) is 46.8 Å². The molecule has 0 bridgehead atoms. The molecule has 1 heterocycles. The maximum Gasteiger partial charge on any atom is 0.336 e. The van der Waals surface area contributed by atoms with Crippen molar-refractivity contribution in [3.63, 3.8) is 0 Å². The highest BCUT2D eigenvalue weighted by molar-refractivity contribution is 6.04. The van der Waals surface area contributed by atoms with Gasteiger partial charge in [0.2, 0.25) is 0 Å². The lowest BCUT2D eigenvalue weighted by atomic mass is 9.68. The predicted octanol–water partition coefficient (Wildman–Crippen LogP) is 3.17. The van der Waals surface area contributed by atoms with Gasteiger partial charge in [-0.2, -0.15) is 0 Å². The minimum Gasteiger partial charge on any atom is -0.508 e. The van der Waals surface area contributed by atoms with Crippen molar-refractivity contribution in [2.45, 2.75) is 39.5 Å². The zero-order valence-corrected chi connectivity index (χ0v) is 15.0. The molecule has 1 aliphatic heterocycles. The van der Waals surface area contributed by atoms with E-state index in [4.69, 9.17) is 4.74 Å². The number of para-hydroxylation sites is 1. The summed E-state index contributed by atoms with van der Waals surface area (Å²) in [6.07, 6.45) is 1.12. The first kappa shape index (κ1) is 17.3. The molecule has 1 aromatic carbocycles. The van der Waals surface area contributed by atoms with Gasteiger partial charge < -0.3 is 15.2 Å². The van der Waals surface area contributed by atoms with E-state index in [0.717, 1.165) is 5.70 Å². The lowest BCUT2D eigenvalue weighted by molar-refractivity contribution is -0.136. The molecule has 0 fully saturated rings. The Hall–Kier alpha value is -2.56. The number of carbonyl (C=O) groups is 2. The van der Waals surface area contributed by atoms with Gasteiger partial charge in [0.1, 0.15) is 5.75 Å². The topological polar surface area (TPSA) is 75.6 Å². The summed E-state index contributed by atoms with van der Waals surface area (Å²) in [7, 11) is 1.32. The number of rotatable bonds is 2. The van der Waals surface area contributed by atoms with E-state index in [1.54, 1.807) is 31.2 Å². The Morgan fingerprint density at radius 2 is 1.96 bits per heavy atom. The number of phenols is 1. The summed E-state index contributed by atoms with van der Waals surface area (Å²) >= 11 is 0. The van der Waals surface area contributed by atoms with Crippen LogP contribution < -0.4 is 5.32 Å². The Balaban J connectivity index is 2.24. The number of carbonyl (C=O) groups excluding carboxylic acids is 2. The summed E-state index contributed by atoms with van der Waals surface area (Å²) in [5.74, 6) is -1.05. The molecule has 1 unspecified atom stereocenters. The lowest BCUT2D eigenvalue weighted by Gasteiger charge is -2.39. The van der Waals surface area contributed by atoms with Crippen molar-refractivity contribution in [3.8, 4) is 5.75 Å². The van der Waals surface area contributed by atoms with E-state index >= 15 is 0 Å². The first-order chi connectivity index (χ1) is 11.7. The van der Waals surface area contributed by atoms with E-state index in [0.29, 0.717) is 35.2 Å². The molecule has 1 aromatic rings. The highest BCUT2D eigenvalue weighted by Crippen LogP contribution is 2.48. The molecule has 0 saturated heterocycles. The number of methoxy groups -OCH3 is 1. The first-order valence-corrected chi connectivity index (χ1v) is 8.35. The van der Waals surface area contributed by atoms with Gasteiger partial charge in [0.15, 0.2) is 5.78 Å². The highest BCUT2D eigenvalue weighted by Gasteiger charge is 2.43. The minimum absolute atomic E-state index is 0.000839. The molecule has 25 heavy (non-hydrogen) atoms. The molecule has 5 nitrogen and oxygen atoms in total. The minimum atomic E-state index is -0.617. The number of nitrogens with one attached hydrogen (secondary N) is 1. The lowest BCUT2D eigenvalue weighted by Crippen LogP contribution is -2.38. The number of Topliss-reactive ketones (excluding diaryl/α,β-unsaturated/α-hetero) is 1. The van der Waals surface area contributed by atoms with Crippen LogP contribution in [0.2, 0.25) is 0 Å². The van der Waals surface area contributed by atoms with Crippen molar-refractivity contribution in [2.75, 3.05) is 7.11 Å². The first-order valence-electron chi connectivity index (χ1n) is 8.35. The van der Waals surface area contributed by atoms with Crippen LogP contribution in [0, 0.1) is 5.41 Å². The Labute approximate surface area is 147 Å². The monoisotopic (exact) mass is 341 g/mol. The summed E-state index contributed by atoms with van der Waals surface area (Å²) in [5, 5.41) is 13.6. The molecule has 2 N–H and O–H groups in total. The van der Waals surface area contributed by atoms with Gasteiger partial charge in [0.05, 0.1) is 18.6 Å². The van der Waals surface area contributed by atoms with Gasteiger partial charge in [-0.25, -0.2) is 4.79 Å². The average Bonchev–Trinajstić information content (AvgIpc) is 2.52. The van der Waals surface area contributed by atoms with Gasteiger partial charge >= 0.3 is 5.97 Å². The Morgan fingerprint density at radius 3 is 2.60 bits per heavy atom. The van der Waals surface area contributed by atoms with Gasteiger partial charge in [0, 0.05) is 29.0 Å². The van der Waals surface area contributed by atoms with Crippen LogP contribution in [0.1, 0.15) is 45.1 Å². The van der Waals surface area contributed by atoms with E-state index in [1.165, 1.54) is 7.11 Å². The molecular weight excluding hydrogens is 318 g/mol. The second-order valence-corrected chi connectivity index (χ2v) is 7.48. The summed E-state index contributed by atoms with van der Waals surface area (Å²) in [6, 6.07) is 6.83. The van der Waals surface area contributed by atoms with E-state index < -0.39 is 11.9 Å². The zero-order chi connectivity index (χ0) is 18.4. The number of ether oxygens (including phenoxy) is 1. The van der Waals surface area contributed by atoms with Crippen molar-refractivity contribution in [1.29, 1.82) is 0 Å². The van der Waals surface area contributed by atoms with E-state index in [-0.39, 0.29) is 16.9 Å². The molecule has 0 saturated carbocycles. The number of allylic oxidation sites excluding steroid dienone is 3. The van der Waals surface area contributed by atoms with Crippen molar-refractivity contribution in [2.24, 2.45) is 5.41 Å². The second kappa shape index (κ2) is 6.06. The van der Waals surface area contributed by atoms with Crippen LogP contribution in [0.5, 0.6) is 5.75 Å². The smallest absolute Gasteiger partial charge is 0.336 e. The molecule has 0 radical (unpaired) electrons. The molecule has 5 heteroatoms. The van der Waals surface area contributed by atoms with E-state index in [1.807, 2.05) is 0 Å². The third kappa shape index (κ3) is 2.95. The number of esters is 1. The maximum absolute atomic E-state index is 12.9. The third-order valence-electron chi connectivity index (χ3n) is 4.89. The maximum atomic E-state index is 12.9. The third-order valence-corrected chi connectivity index (χ3v) is 4.89. The van der Waals surface area contributed by atoms with E-state index in [2.05, 4.69) is 19.2 Å². The highest BCUT2D eigenvalue weighted by atomic mass is 16.5. The van der Waals surface area contributed by atoms with Crippen molar-refractivity contribution >= 4 is 11.8 Å². The normalized spacial score (nSPS) is 22.4. The fourth-order valence-electron chi connectivity index (χ4n) is 3.86. The number of hydrogen-bond acceptors (Lipinski definition) is 5. The molecule has 2 aliphatic rings. The van der Waals surface area contributed by atoms with Gasteiger partial charge in [-0.05, 0) is 24.8 Å². The van der Waals surface area contributed by atoms with Crippen LogP contribution in [-0.4, -0.2) is 24.0 Å². The summed E-state index contributed by atoms with van der Waals surface area (Å²) in [5.41, 5.74) is 2.82. The van der Waals surface area contributed by atoms with Crippen LogP contribution >= 0.6 is 0 Å². The fraction of sp³-hybridized carbons (Fsp3) is 0.400. The van der Waals surface area contributed by atoms with Gasteiger partial charge in [0.25, 0.3) is 0 Å². The number of aromatic hydroxyl groups is 1. The van der Waals surface area contributed by atoms with Crippen molar-refractivity contribution < 1.29 is 19.4 Å². The molecule has 132 valence electrons. The molecule has 1 aliphatic carbocycles. The van der Waals surface area contributed by atoms with Crippen LogP contribution in [-0.2, 0) is 14.3 Å². The van der Waals surface area contributed by atoms with Crippen molar-refractivity contribution in [3.05, 3.63) is 52.4 Å². The number of dihydropyridines is 1. The molecule has 1 atom stereocenters. The summed E-state index contributed by atoms with van der Waals surface area (Å²) in [4.78, 5) is 25.4. The number of hydrogen-bond donors (Lipinski definition) is 2. The molecule has 0 aromatic heterocycles. The van der Waals surface area contributed by atoms with Crippen LogP contribution in [0.3, 0.4) is 0 Å². The summed E-state index contributed by atoms with van der Waals surface area (Å²) in [6.45, 7) is 5.91. The van der Waals surface area contributed by atoms with Gasteiger partial charge in [-0.1, -0.05) is 32.0 Å². The number of ketones is 1. The standard InChI is InChI=1S/C20H23NO4/c1-11-16(19(24)25-4)17(12-7-5-6-8-14(12)22)18-13(21-11)9-20(2,3)10-15(18)23/h5-8,17,21-22H,9-10H2,1-4H3. The van der Waals surface area contributed by atoms with Crippen LogP contribution in [0.25, 0.3) is 0 Å². The van der Waals surface area contributed by atoms with Gasteiger partial charge in [-0.3, -0.25) is 4.79 Å². The largest absolute Gasteiger partial charge is 0.508 e. The van der Waals surface area contributed by atoms with Gasteiger partial charge in [-0.15, -0.1) is 0 Å². The Morgan fingerprint density at radius 1 is 1.28 bits per heavy atom. The SMILES string of the molecule is COC(=O)C1=C(C)NC2=C(C(=O)CC(C)(C)C2)C1c1ccccc1O. The Kier molecular flexibility index (Phi) is 4.19. The molecular formula is C20H23NO4. The fourth-order valence-corrected chi connectivity index (χ4v) is 3.86.